The van der Waals surface area contributed by atoms with Gasteiger partial charge in [0.15, 0.2) is 5.82 Å². The van der Waals surface area contributed by atoms with Crippen molar-refractivity contribution in [3.63, 3.8) is 0 Å². The van der Waals surface area contributed by atoms with Crippen LogP contribution in [0, 0.1) is 27.7 Å². The van der Waals surface area contributed by atoms with Gasteiger partial charge >= 0.3 is 5.97 Å². The SMILES string of the molecule is Cc1cc(OCCCc2c3n(c4cc(Cl)ccc24)C(C)[C@@H](c2c(C)n[nH]c2C)N(c2nn(C)c4cccc(C(=O)O)c24)C3=O)cc(C)c1Cl. The zero-order valence-electron chi connectivity index (χ0n) is 28.1. The van der Waals surface area contributed by atoms with E-state index < -0.39 is 12.0 Å². The van der Waals surface area contributed by atoms with Crippen molar-refractivity contribution in [1.82, 2.24) is 24.5 Å². The van der Waals surface area contributed by atoms with Crippen LogP contribution in [0.4, 0.5) is 5.82 Å². The van der Waals surface area contributed by atoms with Crippen molar-refractivity contribution >= 4 is 62.7 Å². The Morgan fingerprint density at radius 2 is 1.78 bits per heavy atom. The van der Waals surface area contributed by atoms with Gasteiger partial charge in [-0.2, -0.15) is 10.2 Å². The summed E-state index contributed by atoms with van der Waals surface area (Å²) < 4.78 is 9.87. The van der Waals surface area contributed by atoms with E-state index in [1.165, 1.54) is 0 Å². The van der Waals surface area contributed by atoms with Crippen molar-refractivity contribution in [3.8, 4) is 5.75 Å². The molecule has 1 aliphatic heterocycles. The lowest BCUT2D eigenvalue weighted by Crippen LogP contribution is -2.46. The molecule has 12 heteroatoms. The second-order valence-electron chi connectivity index (χ2n) is 12.8. The van der Waals surface area contributed by atoms with E-state index >= 15 is 4.79 Å². The highest BCUT2D eigenvalue weighted by molar-refractivity contribution is 6.32. The second-order valence-corrected chi connectivity index (χ2v) is 13.7. The third-order valence-electron chi connectivity index (χ3n) is 9.68. The minimum atomic E-state index is -1.10. The number of hydrogen-bond donors (Lipinski definition) is 2. The fourth-order valence-electron chi connectivity index (χ4n) is 7.52. The summed E-state index contributed by atoms with van der Waals surface area (Å²) in [5.74, 6) is -0.346. The number of ether oxygens (including phenoxy) is 1. The molecular formula is C37H36Cl2N6O4. The summed E-state index contributed by atoms with van der Waals surface area (Å²) in [6.07, 6.45) is 1.19. The van der Waals surface area contributed by atoms with Crippen LogP contribution in [0.2, 0.25) is 10.0 Å². The Kier molecular flexibility index (Phi) is 8.19. The number of H-pyrrole nitrogens is 1. The number of carbonyl (C=O) groups excluding carboxylic acids is 1. The lowest BCUT2D eigenvalue weighted by atomic mass is 9.92. The first kappa shape index (κ1) is 32.7. The largest absolute Gasteiger partial charge is 0.494 e. The number of halogens is 2. The van der Waals surface area contributed by atoms with E-state index in [1.807, 2.05) is 64.1 Å². The van der Waals surface area contributed by atoms with E-state index in [2.05, 4.69) is 21.7 Å². The van der Waals surface area contributed by atoms with Crippen molar-refractivity contribution in [2.45, 2.75) is 59.5 Å². The summed E-state index contributed by atoms with van der Waals surface area (Å²) in [4.78, 5) is 29.5. The van der Waals surface area contributed by atoms with Crippen molar-refractivity contribution < 1.29 is 19.4 Å². The topological polar surface area (TPSA) is 118 Å². The predicted octanol–water partition coefficient (Wildman–Crippen LogP) is 8.46. The molecule has 2 N–H and O–H groups in total. The molecular weight excluding hydrogens is 663 g/mol. The number of hydrogen-bond acceptors (Lipinski definition) is 5. The third kappa shape index (κ3) is 5.25. The Bertz CT molecular complexity index is 2280. The number of aryl methyl sites for hydroxylation is 6. The van der Waals surface area contributed by atoms with E-state index in [0.717, 1.165) is 55.3 Å². The van der Waals surface area contributed by atoms with Crippen LogP contribution in [-0.4, -0.2) is 48.1 Å². The lowest BCUT2D eigenvalue weighted by molar-refractivity contribution is 0.0698. The summed E-state index contributed by atoms with van der Waals surface area (Å²) >= 11 is 13.0. The second kappa shape index (κ2) is 12.3. The average Bonchev–Trinajstić information content (AvgIpc) is 3.69. The van der Waals surface area contributed by atoms with Crippen LogP contribution in [-0.2, 0) is 13.5 Å². The van der Waals surface area contributed by atoms with Gasteiger partial charge in [-0.1, -0.05) is 35.3 Å². The maximum Gasteiger partial charge on any atom is 0.336 e. The number of carboxylic acids is 1. The third-order valence-corrected chi connectivity index (χ3v) is 10.5. The van der Waals surface area contributed by atoms with Crippen LogP contribution in [0.3, 0.4) is 0 Å². The van der Waals surface area contributed by atoms with Gasteiger partial charge < -0.3 is 14.4 Å². The van der Waals surface area contributed by atoms with Gasteiger partial charge in [0.1, 0.15) is 11.4 Å². The molecule has 6 aromatic rings. The molecule has 4 heterocycles. The van der Waals surface area contributed by atoms with E-state index in [-0.39, 0.29) is 23.3 Å². The number of nitrogens with zero attached hydrogens (tertiary/aromatic N) is 5. The quantitative estimate of drug-likeness (QED) is 0.154. The van der Waals surface area contributed by atoms with Crippen LogP contribution in [0.15, 0.2) is 48.5 Å². The molecule has 0 aliphatic carbocycles. The number of benzene rings is 3. The summed E-state index contributed by atoms with van der Waals surface area (Å²) in [6.45, 7) is 10.2. The van der Waals surface area contributed by atoms with Crippen LogP contribution in [0.5, 0.6) is 5.75 Å². The van der Waals surface area contributed by atoms with E-state index in [0.29, 0.717) is 41.1 Å². The Morgan fingerprint density at radius 3 is 2.45 bits per heavy atom. The maximum atomic E-state index is 15.3. The molecule has 0 saturated heterocycles. The van der Waals surface area contributed by atoms with Gasteiger partial charge in [0, 0.05) is 33.7 Å². The number of aromatic amines is 1. The van der Waals surface area contributed by atoms with Gasteiger partial charge in [-0.3, -0.25) is 19.5 Å². The molecule has 0 spiro atoms. The normalized spacial score (nSPS) is 16.2. The Hall–Kier alpha value is -4.80. The Balaban J connectivity index is 1.39. The van der Waals surface area contributed by atoms with Gasteiger partial charge in [0.25, 0.3) is 5.91 Å². The summed E-state index contributed by atoms with van der Waals surface area (Å²) in [6, 6.07) is 13.7. The van der Waals surface area contributed by atoms with Gasteiger partial charge in [-0.05, 0) is 101 Å². The molecule has 49 heavy (non-hydrogen) atoms. The van der Waals surface area contributed by atoms with Crippen LogP contribution in [0.1, 0.15) is 79.9 Å². The van der Waals surface area contributed by atoms with Crippen molar-refractivity contribution in [2.75, 3.05) is 11.5 Å². The molecule has 10 nitrogen and oxygen atoms in total. The fraction of sp³-hybridized carbons (Fsp3) is 0.297. The monoisotopic (exact) mass is 698 g/mol. The standard InChI is InChI=1S/C37H36Cl2N6O4/c1-18-15-24(16-19(2)32(18)39)49-14-8-10-26-25-13-12-23(38)17-29(25)44-22(5)33(30-20(3)40-41-21(30)4)45(36(46)34(26)44)35-31-27(37(47)48)9-7-11-28(31)43(6)42-35/h7,9,11-13,15-17,22,33H,8,10,14H2,1-6H3,(H,40,41)(H,47,48)/t22?,33-/m0/s1. The molecule has 0 bridgehead atoms. The molecule has 3 aromatic carbocycles. The first-order chi connectivity index (χ1) is 23.4. The maximum absolute atomic E-state index is 15.3. The molecule has 2 atom stereocenters. The highest BCUT2D eigenvalue weighted by atomic mass is 35.5. The van der Waals surface area contributed by atoms with Crippen molar-refractivity contribution in [2.24, 2.45) is 7.05 Å². The zero-order valence-corrected chi connectivity index (χ0v) is 29.6. The van der Waals surface area contributed by atoms with Crippen LogP contribution in [0.25, 0.3) is 21.8 Å². The Labute approximate surface area is 293 Å². The van der Waals surface area contributed by atoms with E-state index in [4.69, 9.17) is 33.0 Å². The predicted molar refractivity (Wildman–Crippen MR) is 192 cm³/mol. The molecule has 1 amide bonds. The van der Waals surface area contributed by atoms with Crippen molar-refractivity contribution in [1.29, 1.82) is 0 Å². The van der Waals surface area contributed by atoms with Crippen molar-refractivity contribution in [3.05, 3.63) is 103 Å². The molecule has 3 aromatic heterocycles. The summed E-state index contributed by atoms with van der Waals surface area (Å²) in [5, 5.41) is 25.3. The fourth-order valence-corrected chi connectivity index (χ4v) is 7.79. The number of rotatable bonds is 8. The molecule has 1 aliphatic rings. The Morgan fingerprint density at radius 1 is 1.04 bits per heavy atom. The van der Waals surface area contributed by atoms with Crippen LogP contribution >= 0.6 is 23.2 Å². The highest BCUT2D eigenvalue weighted by Gasteiger charge is 2.45. The first-order valence-corrected chi connectivity index (χ1v) is 16.9. The average molecular weight is 700 g/mol. The molecule has 0 saturated carbocycles. The number of aromatic carboxylic acids is 1. The minimum Gasteiger partial charge on any atom is -0.494 e. The van der Waals surface area contributed by atoms with Gasteiger partial charge in [-0.25, -0.2) is 4.79 Å². The zero-order chi connectivity index (χ0) is 34.9. The van der Waals surface area contributed by atoms with Crippen LogP contribution < -0.4 is 9.64 Å². The number of amides is 1. The number of aromatic nitrogens is 5. The molecule has 1 unspecified atom stereocenters. The highest BCUT2D eigenvalue weighted by Crippen LogP contribution is 2.48. The minimum absolute atomic E-state index is 0.0726. The lowest BCUT2D eigenvalue weighted by Gasteiger charge is -2.41. The molecule has 0 radical (unpaired) electrons. The van der Waals surface area contributed by atoms with Gasteiger partial charge in [0.2, 0.25) is 0 Å². The van der Waals surface area contributed by atoms with Gasteiger partial charge in [0.05, 0.1) is 46.4 Å². The van der Waals surface area contributed by atoms with Gasteiger partial charge in [-0.15, -0.1) is 0 Å². The molecule has 0 fully saturated rings. The number of carboxylic acid groups (broad SMARTS) is 1. The molecule has 252 valence electrons. The summed E-state index contributed by atoms with van der Waals surface area (Å²) in [5.41, 5.74) is 7.24. The summed E-state index contributed by atoms with van der Waals surface area (Å²) in [7, 11) is 1.76. The van der Waals surface area contributed by atoms with E-state index in [9.17, 15) is 9.90 Å². The number of fused-ring (bicyclic) bond motifs is 4. The number of carbonyl (C=O) groups is 2. The van der Waals surface area contributed by atoms with E-state index in [1.54, 1.807) is 28.8 Å². The smallest absolute Gasteiger partial charge is 0.336 e. The first-order valence-electron chi connectivity index (χ1n) is 16.1. The number of nitrogens with one attached hydrogen (secondary N) is 1. The number of anilines is 1. The molecule has 7 rings (SSSR count).